The lowest BCUT2D eigenvalue weighted by Crippen LogP contribution is -2.09. The Labute approximate surface area is 116 Å². The van der Waals surface area contributed by atoms with E-state index in [0.717, 1.165) is 18.2 Å². The topological polar surface area (TPSA) is 60.2 Å². The van der Waals surface area contributed by atoms with Crippen molar-refractivity contribution in [1.29, 1.82) is 0 Å². The third-order valence-electron chi connectivity index (χ3n) is 2.90. The predicted molar refractivity (Wildman–Crippen MR) is 72.8 cm³/mol. The van der Waals surface area contributed by atoms with Gasteiger partial charge >= 0.3 is 0 Å². The van der Waals surface area contributed by atoms with E-state index in [0.29, 0.717) is 11.3 Å². The number of anilines is 1. The summed E-state index contributed by atoms with van der Waals surface area (Å²) in [4.78, 5) is 0.0289. The van der Waals surface area contributed by atoms with Crippen molar-refractivity contribution in [3.63, 3.8) is 0 Å². The quantitative estimate of drug-likeness (QED) is 0.886. The van der Waals surface area contributed by atoms with E-state index >= 15 is 0 Å². The molecule has 0 atom stereocenters. The van der Waals surface area contributed by atoms with E-state index in [1.165, 1.54) is 6.07 Å². The molecule has 0 unspecified atom stereocenters. The molecule has 6 heteroatoms. The zero-order chi connectivity index (χ0) is 14.9. The molecule has 0 saturated carbocycles. The highest BCUT2D eigenvalue weighted by Gasteiger charge is 2.20. The van der Waals surface area contributed by atoms with Crippen LogP contribution in [0.4, 0.5) is 14.5 Å². The minimum atomic E-state index is -3.79. The van der Waals surface area contributed by atoms with Crippen LogP contribution in [0.25, 0.3) is 0 Å². The average molecular weight is 297 g/mol. The number of nitrogens with two attached hydrogens (primary N) is 1. The fourth-order valence-electron chi connectivity index (χ4n) is 1.89. The molecule has 0 radical (unpaired) electrons. The van der Waals surface area contributed by atoms with Gasteiger partial charge in [-0.3, -0.25) is 0 Å². The maximum Gasteiger partial charge on any atom is 0.182 e. The molecule has 0 aliphatic carbocycles. The molecule has 0 aromatic heterocycles. The summed E-state index contributed by atoms with van der Waals surface area (Å²) in [6, 6.07) is 7.21. The van der Waals surface area contributed by atoms with E-state index in [-0.39, 0.29) is 10.5 Å². The van der Waals surface area contributed by atoms with Gasteiger partial charge in [-0.2, -0.15) is 0 Å². The number of benzene rings is 2. The van der Waals surface area contributed by atoms with E-state index in [1.54, 1.807) is 19.1 Å². The Morgan fingerprint density at radius 3 is 2.50 bits per heavy atom. The van der Waals surface area contributed by atoms with Crippen LogP contribution >= 0.6 is 0 Å². The third kappa shape index (κ3) is 2.96. The van der Waals surface area contributed by atoms with Crippen LogP contribution in [0.5, 0.6) is 0 Å². The van der Waals surface area contributed by atoms with Crippen molar-refractivity contribution in [2.45, 2.75) is 17.6 Å². The van der Waals surface area contributed by atoms with Gasteiger partial charge in [0.1, 0.15) is 11.6 Å². The maximum atomic E-state index is 13.5. The van der Waals surface area contributed by atoms with Gasteiger partial charge in [-0.05, 0) is 42.8 Å². The van der Waals surface area contributed by atoms with E-state index in [1.807, 2.05) is 0 Å². The first-order valence-electron chi connectivity index (χ1n) is 5.82. The normalized spacial score (nSPS) is 11.6. The van der Waals surface area contributed by atoms with Gasteiger partial charge in [0, 0.05) is 11.3 Å². The van der Waals surface area contributed by atoms with Crippen molar-refractivity contribution in [1.82, 2.24) is 0 Å². The standard InChI is InChI=1S/C14H13F2NO2S/c1-9-2-4-12(17)7-14(9)20(18,19)8-10-6-11(15)3-5-13(10)16/h2-7H,8,17H2,1H3. The van der Waals surface area contributed by atoms with Crippen LogP contribution in [0, 0.1) is 18.6 Å². The fraction of sp³-hybridized carbons (Fsp3) is 0.143. The third-order valence-corrected chi connectivity index (χ3v) is 4.70. The Morgan fingerprint density at radius 1 is 1.10 bits per heavy atom. The van der Waals surface area contributed by atoms with Crippen molar-refractivity contribution in [3.05, 3.63) is 59.2 Å². The van der Waals surface area contributed by atoms with E-state index in [2.05, 4.69) is 0 Å². The van der Waals surface area contributed by atoms with E-state index in [4.69, 9.17) is 5.73 Å². The van der Waals surface area contributed by atoms with Crippen molar-refractivity contribution < 1.29 is 17.2 Å². The van der Waals surface area contributed by atoms with Gasteiger partial charge in [0.05, 0.1) is 10.6 Å². The first kappa shape index (κ1) is 14.5. The largest absolute Gasteiger partial charge is 0.399 e. The summed E-state index contributed by atoms with van der Waals surface area (Å²) in [6.07, 6.45) is 0. The maximum absolute atomic E-state index is 13.5. The van der Waals surface area contributed by atoms with Gasteiger partial charge < -0.3 is 5.73 Å². The number of hydrogen-bond donors (Lipinski definition) is 1. The Bertz CT molecular complexity index is 758. The van der Waals surface area contributed by atoms with Gasteiger partial charge in [-0.25, -0.2) is 17.2 Å². The number of rotatable bonds is 3. The van der Waals surface area contributed by atoms with E-state index < -0.39 is 27.2 Å². The molecule has 2 aromatic rings. The molecule has 0 aliphatic heterocycles. The zero-order valence-corrected chi connectivity index (χ0v) is 11.5. The van der Waals surface area contributed by atoms with Gasteiger partial charge in [-0.1, -0.05) is 6.07 Å². The minimum Gasteiger partial charge on any atom is -0.399 e. The number of aryl methyl sites for hydroxylation is 1. The fourth-order valence-corrected chi connectivity index (χ4v) is 3.55. The lowest BCUT2D eigenvalue weighted by atomic mass is 10.2. The van der Waals surface area contributed by atoms with Crippen LogP contribution in [0.1, 0.15) is 11.1 Å². The molecule has 0 saturated heterocycles. The number of hydrogen-bond acceptors (Lipinski definition) is 3. The summed E-state index contributed by atoms with van der Waals surface area (Å²) in [6.45, 7) is 1.62. The van der Waals surface area contributed by atoms with Crippen LogP contribution in [0.2, 0.25) is 0 Å². The zero-order valence-electron chi connectivity index (χ0n) is 10.7. The molecule has 0 amide bonds. The summed E-state index contributed by atoms with van der Waals surface area (Å²) < 4.78 is 51.2. The lowest BCUT2D eigenvalue weighted by molar-refractivity contribution is 0.578. The molecule has 2 aromatic carbocycles. The number of nitrogen functional groups attached to an aromatic ring is 1. The molecule has 2 rings (SSSR count). The van der Waals surface area contributed by atoms with Gasteiger partial charge in [0.25, 0.3) is 0 Å². The molecular weight excluding hydrogens is 284 g/mol. The second-order valence-corrected chi connectivity index (χ2v) is 6.48. The van der Waals surface area contributed by atoms with Crippen molar-refractivity contribution in [2.75, 3.05) is 5.73 Å². The second-order valence-electron chi connectivity index (χ2n) is 4.52. The van der Waals surface area contributed by atoms with Gasteiger partial charge in [0.2, 0.25) is 0 Å². The van der Waals surface area contributed by atoms with Crippen molar-refractivity contribution in [3.8, 4) is 0 Å². The monoisotopic (exact) mass is 297 g/mol. The highest BCUT2D eigenvalue weighted by Crippen LogP contribution is 2.23. The Hall–Kier alpha value is -1.95. The second kappa shape index (κ2) is 5.20. The van der Waals surface area contributed by atoms with Crippen LogP contribution in [0.15, 0.2) is 41.3 Å². The number of sulfone groups is 1. The Balaban J connectivity index is 2.46. The van der Waals surface area contributed by atoms with Crippen LogP contribution in [-0.2, 0) is 15.6 Å². The first-order chi connectivity index (χ1) is 9.29. The molecule has 0 aliphatic rings. The summed E-state index contributed by atoms with van der Waals surface area (Å²) in [5.41, 5.74) is 6.18. The van der Waals surface area contributed by atoms with E-state index in [9.17, 15) is 17.2 Å². The van der Waals surface area contributed by atoms with Gasteiger partial charge in [0.15, 0.2) is 9.84 Å². The smallest absolute Gasteiger partial charge is 0.182 e. The molecular formula is C14H13F2NO2S. The van der Waals surface area contributed by atoms with Crippen molar-refractivity contribution >= 4 is 15.5 Å². The summed E-state index contributed by atoms with van der Waals surface area (Å²) in [5.74, 6) is -2.04. The average Bonchev–Trinajstić information content (AvgIpc) is 2.36. The highest BCUT2D eigenvalue weighted by atomic mass is 32.2. The predicted octanol–water partition coefficient (Wildman–Crippen LogP) is 2.83. The lowest BCUT2D eigenvalue weighted by Gasteiger charge is -2.09. The van der Waals surface area contributed by atoms with Crippen molar-refractivity contribution in [2.24, 2.45) is 0 Å². The summed E-state index contributed by atoms with van der Waals surface area (Å²) in [7, 11) is -3.79. The number of halogens is 2. The molecule has 0 heterocycles. The summed E-state index contributed by atoms with van der Waals surface area (Å²) >= 11 is 0. The molecule has 2 N–H and O–H groups in total. The summed E-state index contributed by atoms with van der Waals surface area (Å²) in [5, 5.41) is 0. The SMILES string of the molecule is Cc1ccc(N)cc1S(=O)(=O)Cc1cc(F)ccc1F. The van der Waals surface area contributed by atoms with Crippen LogP contribution in [0.3, 0.4) is 0 Å². The minimum absolute atomic E-state index is 0.0289. The Kier molecular flexibility index (Phi) is 3.76. The molecule has 0 bridgehead atoms. The molecule has 3 nitrogen and oxygen atoms in total. The van der Waals surface area contributed by atoms with Gasteiger partial charge in [-0.15, -0.1) is 0 Å². The first-order valence-corrected chi connectivity index (χ1v) is 7.47. The highest BCUT2D eigenvalue weighted by molar-refractivity contribution is 7.90. The molecule has 0 fully saturated rings. The molecule has 0 spiro atoms. The molecule has 20 heavy (non-hydrogen) atoms. The van der Waals surface area contributed by atoms with Crippen LogP contribution < -0.4 is 5.73 Å². The van der Waals surface area contributed by atoms with Crippen LogP contribution in [-0.4, -0.2) is 8.42 Å². The Morgan fingerprint density at radius 2 is 1.80 bits per heavy atom. The molecule has 106 valence electrons.